The van der Waals surface area contributed by atoms with E-state index in [1.54, 1.807) is 0 Å². The molecular weight excluding hydrogens is 424 g/mol. The molecule has 4 aromatic rings. The fourth-order valence-corrected chi connectivity index (χ4v) is 5.02. The highest BCUT2D eigenvalue weighted by Crippen LogP contribution is 2.29. The van der Waals surface area contributed by atoms with Crippen LogP contribution in [0.5, 0.6) is 0 Å². The molecule has 0 aliphatic carbocycles. The van der Waals surface area contributed by atoms with Gasteiger partial charge in [0.25, 0.3) is 5.91 Å². The van der Waals surface area contributed by atoms with Crippen LogP contribution < -0.4 is 4.90 Å². The molecule has 34 heavy (non-hydrogen) atoms. The van der Waals surface area contributed by atoms with E-state index in [0.29, 0.717) is 26.2 Å². The summed E-state index contributed by atoms with van der Waals surface area (Å²) >= 11 is 0. The summed E-state index contributed by atoms with van der Waals surface area (Å²) in [7, 11) is 0. The molecule has 2 bridgehead atoms. The van der Waals surface area contributed by atoms with Crippen LogP contribution in [0.1, 0.15) is 15.9 Å². The zero-order chi connectivity index (χ0) is 23.1. The number of rotatable bonds is 3. The minimum Gasteiger partial charge on any atom is -0.368 e. The average molecular weight is 451 g/mol. The van der Waals surface area contributed by atoms with E-state index >= 15 is 0 Å². The molecule has 0 saturated carbocycles. The van der Waals surface area contributed by atoms with Gasteiger partial charge in [-0.3, -0.25) is 9.78 Å². The molecular formula is C28H26N4O2. The number of anilines is 1. The van der Waals surface area contributed by atoms with E-state index in [1.165, 1.54) is 0 Å². The molecule has 1 aromatic heterocycles. The number of nitrogens with zero attached hydrogens (tertiary/aromatic N) is 4. The minimum absolute atomic E-state index is 0.0605. The Morgan fingerprint density at radius 3 is 2.35 bits per heavy atom. The Morgan fingerprint density at radius 2 is 1.59 bits per heavy atom. The lowest BCUT2D eigenvalue weighted by atomic mass is 9.96. The number of amides is 1. The molecule has 170 valence electrons. The van der Waals surface area contributed by atoms with Gasteiger partial charge in [-0.25, -0.2) is 4.98 Å². The molecule has 2 aliphatic rings. The first-order chi connectivity index (χ1) is 16.6. The van der Waals surface area contributed by atoms with Crippen LogP contribution in [0.4, 0.5) is 5.82 Å². The second-order valence-electron chi connectivity index (χ2n) is 9.13. The Morgan fingerprint density at radius 1 is 0.882 bits per heavy atom. The highest BCUT2D eigenvalue weighted by molar-refractivity contribution is 6.01. The number of para-hydroxylation sites is 2. The van der Waals surface area contributed by atoms with Gasteiger partial charge in [0.05, 0.1) is 29.4 Å². The van der Waals surface area contributed by atoms with Gasteiger partial charge < -0.3 is 14.5 Å². The second kappa shape index (κ2) is 8.54. The Bertz CT molecular complexity index is 1340. The van der Waals surface area contributed by atoms with Crippen LogP contribution in [0.15, 0.2) is 79.0 Å². The summed E-state index contributed by atoms with van der Waals surface area (Å²) < 4.78 is 6.23. The Balaban J connectivity index is 1.23. The third-order valence-corrected chi connectivity index (χ3v) is 6.62. The molecule has 0 N–H and O–H groups in total. The Hall–Kier alpha value is -3.77. The first-order valence-corrected chi connectivity index (χ1v) is 11.7. The van der Waals surface area contributed by atoms with Gasteiger partial charge in [-0.15, -0.1) is 0 Å². The summed E-state index contributed by atoms with van der Waals surface area (Å²) in [5, 5.41) is 0. The van der Waals surface area contributed by atoms with Crippen molar-refractivity contribution < 1.29 is 9.53 Å². The minimum atomic E-state index is -0.0605. The van der Waals surface area contributed by atoms with Crippen molar-refractivity contribution in [1.82, 2.24) is 14.9 Å². The largest absolute Gasteiger partial charge is 0.368 e. The third kappa shape index (κ3) is 3.90. The van der Waals surface area contributed by atoms with Crippen LogP contribution in [-0.2, 0) is 4.74 Å². The molecule has 1 amide bonds. The predicted octanol–water partition coefficient (Wildman–Crippen LogP) is 4.34. The van der Waals surface area contributed by atoms with Crippen molar-refractivity contribution >= 4 is 22.8 Å². The average Bonchev–Trinajstić information content (AvgIpc) is 2.88. The monoisotopic (exact) mass is 450 g/mol. The number of benzene rings is 3. The quantitative estimate of drug-likeness (QED) is 0.465. The number of hydrogen-bond donors (Lipinski definition) is 0. The highest BCUT2D eigenvalue weighted by atomic mass is 16.5. The molecule has 6 rings (SSSR count). The van der Waals surface area contributed by atoms with E-state index in [0.717, 1.165) is 39.1 Å². The molecule has 2 saturated heterocycles. The first kappa shape index (κ1) is 20.8. The maximum atomic E-state index is 13.7. The fourth-order valence-electron chi connectivity index (χ4n) is 5.02. The Kier molecular flexibility index (Phi) is 5.23. The van der Waals surface area contributed by atoms with Crippen LogP contribution in [-0.4, -0.2) is 59.2 Å². The third-order valence-electron chi connectivity index (χ3n) is 6.62. The number of morpholine rings is 2. The molecule has 0 radical (unpaired) electrons. The van der Waals surface area contributed by atoms with Crippen molar-refractivity contribution in [2.45, 2.75) is 19.1 Å². The van der Waals surface area contributed by atoms with Crippen LogP contribution in [0.25, 0.3) is 22.2 Å². The van der Waals surface area contributed by atoms with E-state index in [2.05, 4.69) is 34.1 Å². The van der Waals surface area contributed by atoms with Gasteiger partial charge >= 0.3 is 0 Å². The van der Waals surface area contributed by atoms with Crippen LogP contribution in [0, 0.1) is 6.92 Å². The summed E-state index contributed by atoms with van der Waals surface area (Å²) in [6, 6.07) is 24.1. The van der Waals surface area contributed by atoms with Crippen LogP contribution in [0.2, 0.25) is 0 Å². The smallest absolute Gasteiger partial charge is 0.254 e. The number of fused-ring (bicyclic) bond motifs is 3. The van der Waals surface area contributed by atoms with Gasteiger partial charge in [0.15, 0.2) is 0 Å². The van der Waals surface area contributed by atoms with Gasteiger partial charge in [0.1, 0.15) is 5.82 Å². The number of carbonyl (C=O) groups is 1. The second-order valence-corrected chi connectivity index (χ2v) is 9.13. The van der Waals surface area contributed by atoms with Gasteiger partial charge in [0.2, 0.25) is 0 Å². The maximum absolute atomic E-state index is 13.7. The van der Waals surface area contributed by atoms with Gasteiger partial charge in [-0.05, 0) is 36.2 Å². The summed E-state index contributed by atoms with van der Waals surface area (Å²) in [5.74, 6) is 0.932. The topological polar surface area (TPSA) is 58.6 Å². The van der Waals surface area contributed by atoms with E-state index < -0.39 is 0 Å². The number of ether oxygens (including phenoxy) is 1. The van der Waals surface area contributed by atoms with Crippen molar-refractivity contribution in [3.63, 3.8) is 0 Å². The lowest BCUT2D eigenvalue weighted by Gasteiger charge is -2.46. The SMILES string of the molecule is Cc1ccc(-c2ccccc2)c(C(=O)N2CC3CN(c4cnc5ccccc5n4)CC(C2)O3)c1. The Labute approximate surface area is 198 Å². The lowest BCUT2D eigenvalue weighted by Crippen LogP contribution is -2.60. The van der Waals surface area contributed by atoms with Crippen molar-refractivity contribution in [1.29, 1.82) is 0 Å². The summed E-state index contributed by atoms with van der Waals surface area (Å²) in [5.41, 5.74) is 5.65. The van der Waals surface area contributed by atoms with Crippen LogP contribution in [0.3, 0.4) is 0 Å². The summed E-state index contributed by atoms with van der Waals surface area (Å²) in [6.45, 7) is 4.53. The first-order valence-electron chi connectivity index (χ1n) is 11.7. The van der Waals surface area contributed by atoms with E-state index in [9.17, 15) is 4.79 Å². The summed E-state index contributed by atoms with van der Waals surface area (Å²) in [6.07, 6.45) is 1.72. The molecule has 2 unspecified atom stereocenters. The molecule has 0 spiro atoms. The van der Waals surface area contributed by atoms with E-state index in [-0.39, 0.29) is 18.1 Å². The molecule has 2 aliphatic heterocycles. The predicted molar refractivity (Wildman–Crippen MR) is 133 cm³/mol. The van der Waals surface area contributed by atoms with Gasteiger partial charge in [-0.1, -0.05) is 60.2 Å². The van der Waals surface area contributed by atoms with Gasteiger partial charge in [-0.2, -0.15) is 0 Å². The number of hydrogen-bond acceptors (Lipinski definition) is 5. The van der Waals surface area contributed by atoms with Crippen LogP contribution >= 0.6 is 0 Å². The standard InChI is InChI=1S/C28H26N4O2/c1-19-11-12-23(20-7-3-2-4-8-20)24(13-19)28(33)32-17-21-15-31(16-22(18-32)34-21)27-14-29-25-9-5-6-10-26(25)30-27/h2-14,21-22H,15-18H2,1H3. The molecule has 2 atom stereocenters. The number of carbonyl (C=O) groups excluding carboxylic acids is 1. The fraction of sp³-hybridized carbons (Fsp3) is 0.250. The van der Waals surface area contributed by atoms with Crippen molar-refractivity contribution in [2.24, 2.45) is 0 Å². The lowest BCUT2D eigenvalue weighted by molar-refractivity contribution is -0.0847. The molecule has 6 heteroatoms. The molecule has 3 aromatic carbocycles. The van der Waals surface area contributed by atoms with Crippen molar-refractivity contribution in [3.05, 3.63) is 90.1 Å². The normalized spacial score (nSPS) is 19.9. The molecule has 6 nitrogen and oxygen atoms in total. The zero-order valence-corrected chi connectivity index (χ0v) is 19.1. The number of aryl methyl sites for hydroxylation is 1. The molecule has 2 fully saturated rings. The van der Waals surface area contributed by atoms with Crippen molar-refractivity contribution in [3.8, 4) is 11.1 Å². The van der Waals surface area contributed by atoms with E-state index in [1.807, 2.05) is 66.6 Å². The highest BCUT2D eigenvalue weighted by Gasteiger charge is 2.38. The maximum Gasteiger partial charge on any atom is 0.254 e. The van der Waals surface area contributed by atoms with Gasteiger partial charge in [0, 0.05) is 31.7 Å². The van der Waals surface area contributed by atoms with E-state index in [4.69, 9.17) is 9.72 Å². The number of aromatic nitrogens is 2. The summed E-state index contributed by atoms with van der Waals surface area (Å²) in [4.78, 5) is 27.3. The zero-order valence-electron chi connectivity index (χ0n) is 19.1. The van der Waals surface area contributed by atoms with Crippen molar-refractivity contribution in [2.75, 3.05) is 31.1 Å². The molecule has 3 heterocycles.